The second-order valence-electron chi connectivity index (χ2n) is 7.36. The largest absolute Gasteiger partial charge is 0.416 e. The van der Waals surface area contributed by atoms with Crippen LogP contribution in [0.5, 0.6) is 0 Å². The maximum Gasteiger partial charge on any atom is 0.416 e. The Labute approximate surface area is 176 Å². The average molecular weight is 431 g/mol. The van der Waals surface area contributed by atoms with Crippen LogP contribution in [-0.2, 0) is 12.6 Å². The van der Waals surface area contributed by atoms with E-state index < -0.39 is 11.7 Å². The summed E-state index contributed by atoms with van der Waals surface area (Å²) in [7, 11) is 0. The molecule has 0 radical (unpaired) electrons. The molecule has 0 spiro atoms. The third kappa shape index (κ3) is 4.70. The summed E-state index contributed by atoms with van der Waals surface area (Å²) in [5.41, 5.74) is 0.684. The SMILES string of the molecule is O=C(c1ccc(C(F)(F)F)cc1)N1CCCC(c2nnc(Cc3ccccc3)s2)C1. The summed E-state index contributed by atoms with van der Waals surface area (Å²) in [5.74, 6) is -0.151. The number of carbonyl (C=O) groups excluding carboxylic acids is 1. The van der Waals surface area contributed by atoms with Crippen LogP contribution in [0.4, 0.5) is 13.2 Å². The lowest BCUT2D eigenvalue weighted by molar-refractivity contribution is -0.137. The molecule has 2 aromatic carbocycles. The molecule has 0 bridgehead atoms. The standard InChI is InChI=1S/C22H20F3N3OS/c23-22(24,25)18-10-8-16(9-11-18)21(29)28-12-4-7-17(14-28)20-27-26-19(30-20)13-15-5-2-1-3-6-15/h1-3,5-6,8-11,17H,4,7,12-14H2. The number of halogens is 3. The summed E-state index contributed by atoms with van der Waals surface area (Å²) in [6.45, 7) is 1.09. The molecule has 1 aliphatic heterocycles. The van der Waals surface area contributed by atoms with E-state index in [0.717, 1.165) is 41.4 Å². The van der Waals surface area contributed by atoms with E-state index in [0.29, 0.717) is 13.1 Å². The van der Waals surface area contributed by atoms with Crippen LogP contribution in [0.1, 0.15) is 50.3 Å². The van der Waals surface area contributed by atoms with Gasteiger partial charge in [0.25, 0.3) is 5.91 Å². The van der Waals surface area contributed by atoms with Crippen LogP contribution in [0.15, 0.2) is 54.6 Å². The van der Waals surface area contributed by atoms with Gasteiger partial charge in [-0.05, 0) is 42.7 Å². The quantitative estimate of drug-likeness (QED) is 0.573. The summed E-state index contributed by atoms with van der Waals surface area (Å²) in [6, 6.07) is 14.4. The Hall–Kier alpha value is -2.74. The maximum absolute atomic E-state index is 12.8. The second kappa shape index (κ2) is 8.55. The molecule has 4 nitrogen and oxygen atoms in total. The number of hydrogen-bond donors (Lipinski definition) is 0. The van der Waals surface area contributed by atoms with Gasteiger partial charge in [0.1, 0.15) is 10.0 Å². The highest BCUT2D eigenvalue weighted by atomic mass is 32.1. The molecule has 1 aliphatic rings. The van der Waals surface area contributed by atoms with Gasteiger partial charge in [0.2, 0.25) is 0 Å². The lowest BCUT2D eigenvalue weighted by Gasteiger charge is -2.31. The predicted octanol–water partition coefficient (Wildman–Crippen LogP) is 5.17. The summed E-state index contributed by atoms with van der Waals surface area (Å²) < 4.78 is 38.2. The average Bonchev–Trinajstić information content (AvgIpc) is 3.22. The normalized spacial score (nSPS) is 17.2. The van der Waals surface area contributed by atoms with Crippen molar-refractivity contribution in [2.24, 2.45) is 0 Å². The Morgan fingerprint density at radius 1 is 1.07 bits per heavy atom. The molecule has 1 fully saturated rings. The number of nitrogens with zero attached hydrogens (tertiary/aromatic N) is 3. The number of carbonyl (C=O) groups is 1. The van der Waals surface area contributed by atoms with E-state index in [1.807, 2.05) is 30.3 Å². The van der Waals surface area contributed by atoms with Crippen molar-refractivity contribution in [3.8, 4) is 0 Å². The second-order valence-corrected chi connectivity index (χ2v) is 8.46. The molecular formula is C22H20F3N3OS. The number of rotatable bonds is 4. The van der Waals surface area contributed by atoms with Gasteiger partial charge in [-0.3, -0.25) is 4.79 Å². The van der Waals surface area contributed by atoms with E-state index in [4.69, 9.17) is 0 Å². The minimum Gasteiger partial charge on any atom is -0.338 e. The lowest BCUT2D eigenvalue weighted by atomic mass is 9.98. The van der Waals surface area contributed by atoms with Crippen LogP contribution < -0.4 is 0 Å². The van der Waals surface area contributed by atoms with E-state index in [1.165, 1.54) is 17.7 Å². The molecule has 156 valence electrons. The maximum atomic E-state index is 12.8. The minimum atomic E-state index is -4.41. The Balaban J connectivity index is 1.42. The van der Waals surface area contributed by atoms with Crippen LogP contribution in [0.25, 0.3) is 0 Å². The summed E-state index contributed by atoms with van der Waals surface area (Å²) >= 11 is 1.56. The van der Waals surface area contributed by atoms with Gasteiger partial charge in [-0.1, -0.05) is 30.3 Å². The van der Waals surface area contributed by atoms with Gasteiger partial charge < -0.3 is 4.90 Å². The van der Waals surface area contributed by atoms with Crippen LogP contribution in [0.3, 0.4) is 0 Å². The van der Waals surface area contributed by atoms with E-state index in [1.54, 1.807) is 16.2 Å². The Morgan fingerprint density at radius 3 is 2.50 bits per heavy atom. The molecule has 0 N–H and O–H groups in total. The van der Waals surface area contributed by atoms with E-state index in [9.17, 15) is 18.0 Å². The van der Waals surface area contributed by atoms with Crippen LogP contribution in [0, 0.1) is 0 Å². The highest BCUT2D eigenvalue weighted by molar-refractivity contribution is 7.11. The van der Waals surface area contributed by atoms with Gasteiger partial charge in [-0.25, -0.2) is 0 Å². The van der Waals surface area contributed by atoms with Crippen molar-refractivity contribution in [1.82, 2.24) is 15.1 Å². The number of piperidine rings is 1. The fourth-order valence-electron chi connectivity index (χ4n) is 3.62. The van der Waals surface area contributed by atoms with Gasteiger partial charge in [0.15, 0.2) is 0 Å². The molecule has 1 unspecified atom stereocenters. The number of hydrogen-bond acceptors (Lipinski definition) is 4. The molecule has 1 atom stereocenters. The number of amides is 1. The molecule has 4 rings (SSSR count). The molecule has 2 heterocycles. The molecule has 1 aromatic heterocycles. The van der Waals surface area contributed by atoms with Gasteiger partial charge in [0.05, 0.1) is 5.56 Å². The van der Waals surface area contributed by atoms with E-state index in [-0.39, 0.29) is 17.4 Å². The molecule has 3 aromatic rings. The first-order valence-corrected chi connectivity index (χ1v) is 10.5. The molecule has 8 heteroatoms. The van der Waals surface area contributed by atoms with Crippen molar-refractivity contribution in [1.29, 1.82) is 0 Å². The highest BCUT2D eigenvalue weighted by Gasteiger charge is 2.31. The number of aromatic nitrogens is 2. The van der Waals surface area contributed by atoms with Crippen molar-refractivity contribution in [2.45, 2.75) is 31.4 Å². The summed E-state index contributed by atoms with van der Waals surface area (Å²) in [5, 5.41) is 10.5. The third-order valence-electron chi connectivity index (χ3n) is 5.20. The van der Waals surface area contributed by atoms with Gasteiger partial charge in [0, 0.05) is 31.0 Å². The van der Waals surface area contributed by atoms with E-state index >= 15 is 0 Å². The van der Waals surface area contributed by atoms with Gasteiger partial charge in [-0.2, -0.15) is 13.2 Å². The van der Waals surface area contributed by atoms with Crippen LogP contribution >= 0.6 is 11.3 Å². The molecule has 30 heavy (non-hydrogen) atoms. The van der Waals surface area contributed by atoms with Crippen molar-refractivity contribution in [2.75, 3.05) is 13.1 Å². The number of likely N-dealkylation sites (tertiary alicyclic amines) is 1. The molecular weight excluding hydrogens is 411 g/mol. The topological polar surface area (TPSA) is 46.1 Å². The minimum absolute atomic E-state index is 0.0965. The smallest absolute Gasteiger partial charge is 0.338 e. The van der Waals surface area contributed by atoms with Gasteiger partial charge >= 0.3 is 6.18 Å². The summed E-state index contributed by atoms with van der Waals surface area (Å²) in [4.78, 5) is 14.5. The Bertz CT molecular complexity index is 1000. The van der Waals surface area contributed by atoms with Crippen LogP contribution in [-0.4, -0.2) is 34.1 Å². The van der Waals surface area contributed by atoms with Crippen molar-refractivity contribution in [3.05, 3.63) is 81.3 Å². The molecule has 1 amide bonds. The zero-order valence-corrected chi connectivity index (χ0v) is 16.9. The number of benzene rings is 2. The monoisotopic (exact) mass is 431 g/mol. The first kappa shape index (κ1) is 20.5. The Kier molecular flexibility index (Phi) is 5.85. The zero-order chi connectivity index (χ0) is 21.1. The zero-order valence-electron chi connectivity index (χ0n) is 16.1. The Morgan fingerprint density at radius 2 is 1.80 bits per heavy atom. The first-order valence-electron chi connectivity index (χ1n) is 9.73. The molecule has 0 saturated carbocycles. The molecule has 1 saturated heterocycles. The first-order chi connectivity index (χ1) is 14.4. The predicted molar refractivity (Wildman–Crippen MR) is 108 cm³/mol. The van der Waals surface area contributed by atoms with Crippen LogP contribution in [0.2, 0.25) is 0 Å². The van der Waals surface area contributed by atoms with Crippen molar-refractivity contribution < 1.29 is 18.0 Å². The number of alkyl halides is 3. The fourth-order valence-corrected chi connectivity index (χ4v) is 4.62. The highest BCUT2D eigenvalue weighted by Crippen LogP contribution is 2.32. The molecule has 0 aliphatic carbocycles. The third-order valence-corrected chi connectivity index (χ3v) is 6.28. The van der Waals surface area contributed by atoms with Gasteiger partial charge in [-0.15, -0.1) is 21.5 Å². The van der Waals surface area contributed by atoms with Crippen molar-refractivity contribution in [3.63, 3.8) is 0 Å². The lowest BCUT2D eigenvalue weighted by Crippen LogP contribution is -2.39. The fraction of sp³-hybridized carbons (Fsp3) is 0.318. The summed E-state index contributed by atoms with van der Waals surface area (Å²) in [6.07, 6.45) is -1.95. The van der Waals surface area contributed by atoms with E-state index in [2.05, 4.69) is 10.2 Å². The van der Waals surface area contributed by atoms with Crippen molar-refractivity contribution >= 4 is 17.2 Å².